The summed E-state index contributed by atoms with van der Waals surface area (Å²) in [4.78, 5) is 16.3. The van der Waals surface area contributed by atoms with Gasteiger partial charge in [-0.15, -0.1) is 16.4 Å². The predicted molar refractivity (Wildman–Crippen MR) is 166 cm³/mol. The summed E-state index contributed by atoms with van der Waals surface area (Å²) in [6, 6.07) is 8.96. The van der Waals surface area contributed by atoms with Crippen LogP contribution >= 0.6 is 34.5 Å². The summed E-state index contributed by atoms with van der Waals surface area (Å²) in [5.74, 6) is -1.53. The van der Waals surface area contributed by atoms with Crippen LogP contribution in [0.3, 0.4) is 0 Å². The zero-order valence-electron chi connectivity index (χ0n) is 23.4. The molecule has 14 heteroatoms. The van der Waals surface area contributed by atoms with Crippen LogP contribution in [0.25, 0.3) is 21.1 Å². The van der Waals surface area contributed by atoms with Crippen molar-refractivity contribution in [2.45, 2.75) is 50.2 Å². The SMILES string of the molecule is CC[C@@H]1CN(Cc2cc([C@@H](CC(=O)O)c3cc(Cl)c4c(nnn4C)c3C)cc3ccsc23)S(=O)(=O)c2cc(Cl)cnc2O1. The molecule has 10 nitrogen and oxygen atoms in total. The fraction of sp³-hybridized carbons (Fsp3) is 0.310. The molecule has 0 saturated carbocycles. The maximum absolute atomic E-state index is 14.0. The summed E-state index contributed by atoms with van der Waals surface area (Å²) in [6.07, 6.45) is 1.31. The average molecular weight is 661 g/mol. The van der Waals surface area contributed by atoms with Crippen LogP contribution in [0.5, 0.6) is 5.88 Å². The number of benzene rings is 2. The van der Waals surface area contributed by atoms with Crippen molar-refractivity contribution in [1.82, 2.24) is 24.3 Å². The number of carboxylic acids is 1. The summed E-state index contributed by atoms with van der Waals surface area (Å²) in [5.41, 5.74) is 4.25. The number of pyridine rings is 1. The molecular formula is C29H27Cl2N5O5S2. The Bertz CT molecular complexity index is 2010. The second kappa shape index (κ2) is 11.3. The largest absolute Gasteiger partial charge is 0.481 e. The standard InChI is InChI=1S/C29H27Cl2N5O5S2/c1-4-20-14-36(43(39,40)24-9-19(30)12-32-29(24)41-20)13-18-8-17(7-16-5-6-42-28(16)18)22(11-25(37)38)21-10-23(31)27-26(15(21)2)33-34-35(27)3/h5-10,12,20,22H,4,11,13-14H2,1-3H3,(H,37,38)/t20-,22-/m1/s1. The van der Waals surface area contributed by atoms with Gasteiger partial charge in [-0.2, -0.15) is 4.31 Å². The van der Waals surface area contributed by atoms with Crippen molar-refractivity contribution in [2.75, 3.05) is 6.54 Å². The first-order chi connectivity index (χ1) is 20.5. The highest BCUT2D eigenvalue weighted by molar-refractivity contribution is 7.89. The van der Waals surface area contributed by atoms with Crippen LogP contribution < -0.4 is 4.74 Å². The van der Waals surface area contributed by atoms with E-state index in [1.807, 2.05) is 37.4 Å². The monoisotopic (exact) mass is 659 g/mol. The van der Waals surface area contributed by atoms with Gasteiger partial charge in [-0.3, -0.25) is 4.79 Å². The van der Waals surface area contributed by atoms with E-state index < -0.39 is 28.0 Å². The summed E-state index contributed by atoms with van der Waals surface area (Å²) < 4.78 is 37.8. The van der Waals surface area contributed by atoms with Gasteiger partial charge in [0.1, 0.15) is 22.0 Å². The van der Waals surface area contributed by atoms with E-state index in [1.54, 1.807) is 17.8 Å². The molecule has 0 bridgehead atoms. The number of aromatic nitrogens is 4. The fourth-order valence-electron chi connectivity index (χ4n) is 5.66. The first kappa shape index (κ1) is 29.8. The van der Waals surface area contributed by atoms with Gasteiger partial charge in [-0.25, -0.2) is 18.1 Å². The number of hydrogen-bond acceptors (Lipinski definition) is 8. The molecule has 2 atom stereocenters. The van der Waals surface area contributed by atoms with Crippen LogP contribution in [0.15, 0.2) is 46.8 Å². The third kappa shape index (κ3) is 5.35. The van der Waals surface area contributed by atoms with E-state index in [2.05, 4.69) is 15.3 Å². The molecule has 0 unspecified atom stereocenters. The number of carbonyl (C=O) groups is 1. The Balaban J connectivity index is 1.49. The van der Waals surface area contributed by atoms with Crippen molar-refractivity contribution >= 4 is 71.7 Å². The Morgan fingerprint density at radius 1 is 1.26 bits per heavy atom. The van der Waals surface area contributed by atoms with Gasteiger partial charge < -0.3 is 9.84 Å². The maximum atomic E-state index is 14.0. The van der Waals surface area contributed by atoms with E-state index in [4.69, 9.17) is 27.9 Å². The van der Waals surface area contributed by atoms with Gasteiger partial charge in [-0.05, 0) is 70.6 Å². The molecule has 224 valence electrons. The van der Waals surface area contributed by atoms with Gasteiger partial charge in [0.25, 0.3) is 0 Å². The number of nitrogens with zero attached hydrogens (tertiary/aromatic N) is 5. The molecule has 0 saturated heterocycles. The molecule has 0 aliphatic carbocycles. The van der Waals surface area contributed by atoms with Crippen molar-refractivity contribution in [1.29, 1.82) is 0 Å². The lowest BCUT2D eigenvalue weighted by Gasteiger charge is -2.24. The van der Waals surface area contributed by atoms with E-state index in [9.17, 15) is 18.3 Å². The molecule has 43 heavy (non-hydrogen) atoms. The van der Waals surface area contributed by atoms with Crippen LogP contribution in [0.2, 0.25) is 10.0 Å². The number of fused-ring (bicyclic) bond motifs is 3. The number of halogens is 2. The first-order valence-electron chi connectivity index (χ1n) is 13.5. The Hall–Kier alpha value is -3.29. The van der Waals surface area contributed by atoms with E-state index >= 15 is 0 Å². The summed E-state index contributed by atoms with van der Waals surface area (Å²) >= 11 is 14.3. The first-order valence-corrected chi connectivity index (χ1v) is 16.6. The second-order valence-corrected chi connectivity index (χ2v) is 14.2. The molecule has 3 aromatic heterocycles. The second-order valence-electron chi connectivity index (χ2n) is 10.6. The minimum Gasteiger partial charge on any atom is -0.481 e. The van der Waals surface area contributed by atoms with Crippen molar-refractivity contribution < 1.29 is 23.1 Å². The van der Waals surface area contributed by atoms with Crippen LogP contribution in [-0.2, 0) is 28.4 Å². The van der Waals surface area contributed by atoms with Crippen LogP contribution in [0, 0.1) is 6.92 Å². The third-order valence-corrected chi connectivity index (χ3v) is 11.1. The normalized spacial score (nSPS) is 17.5. The van der Waals surface area contributed by atoms with E-state index in [0.717, 1.165) is 32.3 Å². The summed E-state index contributed by atoms with van der Waals surface area (Å²) in [5, 5.41) is 21.8. The fourth-order valence-corrected chi connectivity index (χ4v) is 8.65. The Kier molecular flexibility index (Phi) is 7.84. The smallest absolute Gasteiger partial charge is 0.304 e. The molecule has 0 radical (unpaired) electrons. The van der Waals surface area contributed by atoms with Crippen molar-refractivity contribution in [3.05, 3.63) is 74.2 Å². The number of carboxylic acid groups (broad SMARTS) is 1. The van der Waals surface area contributed by atoms with Crippen molar-refractivity contribution in [3.63, 3.8) is 0 Å². The van der Waals surface area contributed by atoms with E-state index in [0.29, 0.717) is 22.5 Å². The van der Waals surface area contributed by atoms with Crippen LogP contribution in [-0.4, -0.2) is 56.4 Å². The highest BCUT2D eigenvalue weighted by Crippen LogP contribution is 2.40. The summed E-state index contributed by atoms with van der Waals surface area (Å²) in [6.45, 7) is 3.96. The van der Waals surface area contributed by atoms with Gasteiger partial charge in [0.2, 0.25) is 15.9 Å². The minimum atomic E-state index is -4.04. The molecule has 4 heterocycles. The van der Waals surface area contributed by atoms with Crippen molar-refractivity contribution in [2.24, 2.45) is 7.05 Å². The third-order valence-electron chi connectivity index (χ3n) is 7.82. The minimum absolute atomic E-state index is 0.0297. The lowest BCUT2D eigenvalue weighted by atomic mass is 9.84. The lowest BCUT2D eigenvalue weighted by Crippen LogP contribution is -2.36. The predicted octanol–water partition coefficient (Wildman–Crippen LogP) is 6.16. The zero-order chi connectivity index (χ0) is 30.6. The van der Waals surface area contributed by atoms with Gasteiger partial charge in [0.05, 0.1) is 23.0 Å². The number of thiophene rings is 1. The highest BCUT2D eigenvalue weighted by Gasteiger charge is 2.36. The number of ether oxygens (including phenoxy) is 1. The molecule has 0 amide bonds. The number of aliphatic carboxylic acids is 1. The molecule has 1 aliphatic rings. The topological polar surface area (TPSA) is 128 Å². The molecule has 0 fully saturated rings. The molecule has 5 aromatic rings. The van der Waals surface area contributed by atoms with E-state index in [1.165, 1.54) is 27.9 Å². The van der Waals surface area contributed by atoms with Crippen LogP contribution in [0.1, 0.15) is 47.9 Å². The highest BCUT2D eigenvalue weighted by atomic mass is 35.5. The molecule has 2 aromatic carbocycles. The van der Waals surface area contributed by atoms with Gasteiger partial charge in [-0.1, -0.05) is 41.4 Å². The Morgan fingerprint density at radius 3 is 2.79 bits per heavy atom. The molecule has 1 N–H and O–H groups in total. The van der Waals surface area contributed by atoms with Gasteiger partial charge in [0, 0.05) is 30.4 Å². The van der Waals surface area contributed by atoms with Gasteiger partial charge >= 0.3 is 5.97 Å². The van der Waals surface area contributed by atoms with E-state index in [-0.39, 0.29) is 35.3 Å². The van der Waals surface area contributed by atoms with Crippen molar-refractivity contribution in [3.8, 4) is 5.88 Å². The zero-order valence-corrected chi connectivity index (χ0v) is 26.6. The Morgan fingerprint density at radius 2 is 2.05 bits per heavy atom. The molecule has 1 aliphatic heterocycles. The molecule has 0 spiro atoms. The average Bonchev–Trinajstić information content (AvgIpc) is 3.58. The van der Waals surface area contributed by atoms with Gasteiger partial charge in [0.15, 0.2) is 0 Å². The maximum Gasteiger partial charge on any atom is 0.304 e. The number of aryl methyl sites for hydroxylation is 2. The quantitative estimate of drug-likeness (QED) is 0.220. The number of sulfonamides is 1. The number of hydrogen-bond donors (Lipinski definition) is 1. The van der Waals surface area contributed by atoms with Crippen LogP contribution in [0.4, 0.5) is 0 Å². The number of rotatable bonds is 7. The Labute approximate surface area is 261 Å². The molecular weight excluding hydrogens is 633 g/mol. The molecule has 6 rings (SSSR count). The lowest BCUT2D eigenvalue weighted by molar-refractivity contribution is -0.137. The summed E-state index contributed by atoms with van der Waals surface area (Å²) in [7, 11) is -2.29.